The van der Waals surface area contributed by atoms with Gasteiger partial charge in [-0.05, 0) is 19.1 Å². The van der Waals surface area contributed by atoms with Crippen molar-refractivity contribution in [1.82, 2.24) is 20.2 Å². The van der Waals surface area contributed by atoms with E-state index in [9.17, 15) is 14.7 Å². The van der Waals surface area contributed by atoms with E-state index in [0.717, 1.165) is 11.3 Å². The summed E-state index contributed by atoms with van der Waals surface area (Å²) in [6.45, 7) is 2.28. The number of aliphatic hydroxyl groups is 1. The Morgan fingerprint density at radius 3 is 2.96 bits per heavy atom. The van der Waals surface area contributed by atoms with Crippen LogP contribution < -0.4 is 11.1 Å². The molecular weight excluding hydrogens is 370 g/mol. The van der Waals surface area contributed by atoms with Crippen LogP contribution in [0.15, 0.2) is 24.4 Å². The number of nitrogens with one attached hydrogen (secondary N) is 1. The maximum atomic E-state index is 12.8. The van der Waals surface area contributed by atoms with E-state index in [1.807, 2.05) is 0 Å². The molecule has 10 heteroatoms. The summed E-state index contributed by atoms with van der Waals surface area (Å²) in [6, 6.07) is 4.99. The summed E-state index contributed by atoms with van der Waals surface area (Å²) in [5.74, 6) is -0.668. The second-order valence-electron chi connectivity index (χ2n) is 6.37. The number of β-amino-alcohol motifs (C(OH)–C–C–N with tert-alkyl or cyclic N) is 1. The summed E-state index contributed by atoms with van der Waals surface area (Å²) in [7, 11) is 0. The predicted molar refractivity (Wildman–Crippen MR) is 99.5 cm³/mol. The minimum atomic E-state index is -1.42. The number of carbonyl (C=O) groups excluding carboxylic acids is 2. The Labute approximate surface area is 160 Å². The van der Waals surface area contributed by atoms with Crippen LogP contribution >= 0.6 is 11.3 Å². The van der Waals surface area contributed by atoms with E-state index in [4.69, 9.17) is 10.5 Å². The molecule has 27 heavy (non-hydrogen) atoms. The summed E-state index contributed by atoms with van der Waals surface area (Å²) < 4.78 is 5.45. The number of aromatic nitrogens is 2. The molecule has 9 nitrogen and oxygen atoms in total. The van der Waals surface area contributed by atoms with Crippen LogP contribution in [-0.4, -0.2) is 70.2 Å². The number of ether oxygens (including phenoxy) is 1. The van der Waals surface area contributed by atoms with Gasteiger partial charge in [-0.15, -0.1) is 0 Å². The topological polar surface area (TPSA) is 131 Å². The molecule has 4 N–H and O–H groups in total. The molecule has 0 aliphatic carbocycles. The fraction of sp³-hybridized carbons (Fsp3) is 0.412. The summed E-state index contributed by atoms with van der Waals surface area (Å²) in [5, 5.41) is 13.9. The molecular formula is C17H21N5O4S. The Morgan fingerprint density at radius 2 is 2.30 bits per heavy atom. The molecule has 1 saturated heterocycles. The molecule has 0 aromatic carbocycles. The van der Waals surface area contributed by atoms with Gasteiger partial charge < -0.3 is 25.8 Å². The van der Waals surface area contributed by atoms with E-state index < -0.39 is 11.5 Å². The van der Waals surface area contributed by atoms with Gasteiger partial charge in [0.25, 0.3) is 11.8 Å². The van der Waals surface area contributed by atoms with Crippen LogP contribution in [0.25, 0.3) is 0 Å². The highest BCUT2D eigenvalue weighted by molar-refractivity contribution is 7.17. The van der Waals surface area contributed by atoms with E-state index in [1.54, 1.807) is 25.1 Å². The van der Waals surface area contributed by atoms with Crippen molar-refractivity contribution in [3.05, 3.63) is 40.7 Å². The maximum Gasteiger partial charge on any atom is 0.269 e. The minimum Gasteiger partial charge on any atom is -0.384 e. The van der Waals surface area contributed by atoms with Gasteiger partial charge in [0.15, 0.2) is 5.13 Å². The predicted octanol–water partition coefficient (Wildman–Crippen LogP) is 0.0622. The van der Waals surface area contributed by atoms with Crippen molar-refractivity contribution in [2.24, 2.45) is 0 Å². The molecule has 1 aliphatic heterocycles. The molecule has 2 aromatic rings. The number of hydrogen-bond acceptors (Lipinski definition) is 8. The number of pyridine rings is 1. The van der Waals surface area contributed by atoms with Gasteiger partial charge in [-0.2, -0.15) is 0 Å². The highest BCUT2D eigenvalue weighted by atomic mass is 32.1. The Morgan fingerprint density at radius 1 is 1.48 bits per heavy atom. The lowest BCUT2D eigenvalue weighted by atomic mass is 10.0. The first-order valence-electron chi connectivity index (χ1n) is 8.39. The van der Waals surface area contributed by atoms with Gasteiger partial charge in [0.2, 0.25) is 0 Å². The lowest BCUT2D eigenvalue weighted by Gasteiger charge is -2.30. The van der Waals surface area contributed by atoms with Gasteiger partial charge in [0.05, 0.1) is 32.0 Å². The quantitative estimate of drug-likeness (QED) is 0.672. The van der Waals surface area contributed by atoms with Gasteiger partial charge in [-0.25, -0.2) is 4.98 Å². The van der Waals surface area contributed by atoms with E-state index in [2.05, 4.69) is 15.3 Å². The van der Waals surface area contributed by atoms with Gasteiger partial charge in [0.1, 0.15) is 16.2 Å². The molecule has 2 amide bonds. The van der Waals surface area contributed by atoms with Gasteiger partial charge >= 0.3 is 0 Å². The average Bonchev–Trinajstić information content (AvgIpc) is 2.87. The molecule has 1 fully saturated rings. The zero-order valence-electron chi connectivity index (χ0n) is 14.8. The number of aryl methyl sites for hydroxylation is 1. The van der Waals surface area contributed by atoms with Crippen LogP contribution in [0.3, 0.4) is 0 Å². The Bertz CT molecular complexity index is 828. The van der Waals surface area contributed by atoms with E-state index in [1.165, 1.54) is 11.1 Å². The fourth-order valence-corrected chi connectivity index (χ4v) is 3.59. The van der Waals surface area contributed by atoms with Crippen molar-refractivity contribution in [2.75, 3.05) is 38.6 Å². The monoisotopic (exact) mass is 391 g/mol. The number of nitrogens with two attached hydrogens (primary N) is 1. The molecule has 0 bridgehead atoms. The Balaban J connectivity index is 1.68. The number of amides is 2. The van der Waals surface area contributed by atoms with E-state index in [-0.39, 0.29) is 37.9 Å². The number of hydrogen-bond donors (Lipinski definition) is 3. The van der Waals surface area contributed by atoms with Crippen LogP contribution in [0, 0.1) is 6.92 Å². The molecule has 144 valence electrons. The van der Waals surface area contributed by atoms with Crippen LogP contribution in [-0.2, 0) is 4.74 Å². The molecule has 0 radical (unpaired) electrons. The molecule has 0 saturated carbocycles. The van der Waals surface area contributed by atoms with Crippen molar-refractivity contribution in [1.29, 1.82) is 0 Å². The van der Waals surface area contributed by atoms with Crippen molar-refractivity contribution in [2.45, 2.75) is 12.5 Å². The third-order valence-electron chi connectivity index (χ3n) is 4.13. The summed E-state index contributed by atoms with van der Waals surface area (Å²) in [5.41, 5.74) is 5.07. The molecule has 2 aromatic heterocycles. The molecule has 3 rings (SSSR count). The number of nitrogens with zero attached hydrogens (tertiary/aromatic N) is 3. The zero-order chi connectivity index (χ0) is 19.4. The van der Waals surface area contributed by atoms with Crippen LogP contribution in [0.4, 0.5) is 5.13 Å². The summed E-state index contributed by atoms with van der Waals surface area (Å²) in [4.78, 5) is 35.0. The number of nitrogen functional groups attached to an aromatic ring is 1. The second-order valence-corrected chi connectivity index (χ2v) is 7.40. The van der Waals surface area contributed by atoms with Gasteiger partial charge in [-0.3, -0.25) is 14.6 Å². The minimum absolute atomic E-state index is 0.00307. The lowest BCUT2D eigenvalue weighted by Crippen LogP contribution is -2.53. The number of thiazole rings is 1. The standard InChI is InChI=1S/C17H21N5O4S/c1-11-13(27-16(18)21-11)15(24)22-6-7-26-10-17(25,9-22)8-20-14(23)12-4-2-3-5-19-12/h2-5,25H,6-10H2,1H3,(H2,18,21)(H,20,23)/t17-/m0/s1. The molecule has 0 unspecified atom stereocenters. The summed E-state index contributed by atoms with van der Waals surface area (Å²) >= 11 is 1.11. The van der Waals surface area contributed by atoms with Gasteiger partial charge in [-0.1, -0.05) is 17.4 Å². The van der Waals surface area contributed by atoms with Crippen LogP contribution in [0.2, 0.25) is 0 Å². The van der Waals surface area contributed by atoms with E-state index in [0.29, 0.717) is 22.2 Å². The number of rotatable bonds is 4. The fourth-order valence-electron chi connectivity index (χ4n) is 2.79. The average molecular weight is 391 g/mol. The highest BCUT2D eigenvalue weighted by Gasteiger charge is 2.36. The normalized spacial score (nSPS) is 20.1. The Hall–Kier alpha value is -2.56. The van der Waals surface area contributed by atoms with Crippen molar-refractivity contribution >= 4 is 28.3 Å². The smallest absolute Gasteiger partial charge is 0.269 e. The first kappa shape index (κ1) is 19.2. The maximum absolute atomic E-state index is 12.8. The SMILES string of the molecule is Cc1nc(N)sc1C(=O)N1CCOC[C@](O)(CNC(=O)c2ccccn2)C1. The molecule has 3 heterocycles. The second kappa shape index (κ2) is 7.99. The first-order chi connectivity index (χ1) is 12.9. The largest absolute Gasteiger partial charge is 0.384 e. The summed E-state index contributed by atoms with van der Waals surface area (Å²) in [6.07, 6.45) is 1.52. The third kappa shape index (κ3) is 4.59. The number of anilines is 1. The van der Waals surface area contributed by atoms with Crippen LogP contribution in [0.5, 0.6) is 0 Å². The first-order valence-corrected chi connectivity index (χ1v) is 9.21. The van der Waals surface area contributed by atoms with Gasteiger partial charge in [0, 0.05) is 12.7 Å². The molecule has 1 aliphatic rings. The van der Waals surface area contributed by atoms with Crippen molar-refractivity contribution in [3.8, 4) is 0 Å². The number of carbonyl (C=O) groups is 2. The van der Waals surface area contributed by atoms with E-state index >= 15 is 0 Å². The zero-order valence-corrected chi connectivity index (χ0v) is 15.7. The van der Waals surface area contributed by atoms with Crippen LogP contribution in [0.1, 0.15) is 25.9 Å². The third-order valence-corrected chi connectivity index (χ3v) is 5.11. The van der Waals surface area contributed by atoms with Crippen molar-refractivity contribution < 1.29 is 19.4 Å². The molecule has 0 spiro atoms. The highest BCUT2D eigenvalue weighted by Crippen LogP contribution is 2.23. The molecule has 1 atom stereocenters. The lowest BCUT2D eigenvalue weighted by molar-refractivity contribution is -0.0324. The Kier molecular flexibility index (Phi) is 5.68. The van der Waals surface area contributed by atoms with Crippen molar-refractivity contribution in [3.63, 3.8) is 0 Å².